The molecule has 2 aliphatic rings. The summed E-state index contributed by atoms with van der Waals surface area (Å²) in [5, 5.41) is 0. The van der Waals surface area contributed by atoms with E-state index < -0.39 is 33.9 Å². The summed E-state index contributed by atoms with van der Waals surface area (Å²) in [7, 11) is -3.44. The Bertz CT molecular complexity index is 979. The maximum atomic E-state index is 12.6. The molecule has 1 saturated carbocycles. The Hall–Kier alpha value is -2.75. The first-order valence-electron chi connectivity index (χ1n) is 10.2. The maximum Gasteiger partial charge on any atom is 0.329 e. The second-order valence-corrected chi connectivity index (χ2v) is 9.86. The summed E-state index contributed by atoms with van der Waals surface area (Å²) in [5.74, 6) is -2.72. The second kappa shape index (κ2) is 8.78. The number of imide groups is 1. The van der Waals surface area contributed by atoms with Gasteiger partial charge in [0.25, 0.3) is 0 Å². The van der Waals surface area contributed by atoms with E-state index in [4.69, 9.17) is 4.74 Å². The monoisotopic (exact) mass is 450 g/mol. The van der Waals surface area contributed by atoms with Gasteiger partial charge in [0.1, 0.15) is 6.04 Å². The number of nitrogens with one attached hydrogen (secondary N) is 1. The Kier molecular flexibility index (Phi) is 6.49. The largest absolute Gasteiger partial charge is 0.453 e. The van der Waals surface area contributed by atoms with Crippen LogP contribution < -0.4 is 4.72 Å². The molecule has 3 unspecified atom stereocenters. The average molecular weight is 451 g/mol. The number of esters is 1. The molecule has 10 heteroatoms. The van der Waals surface area contributed by atoms with Gasteiger partial charge in [0, 0.05) is 11.3 Å². The van der Waals surface area contributed by atoms with Crippen LogP contribution in [0.5, 0.6) is 0 Å². The molecule has 1 aliphatic heterocycles. The van der Waals surface area contributed by atoms with Crippen LogP contribution in [0.1, 0.15) is 49.9 Å². The molecule has 9 nitrogen and oxygen atoms in total. The fourth-order valence-electron chi connectivity index (χ4n) is 4.15. The first-order chi connectivity index (χ1) is 14.5. The van der Waals surface area contributed by atoms with Gasteiger partial charge in [-0.3, -0.25) is 24.0 Å². The highest BCUT2D eigenvalue weighted by molar-refractivity contribution is 7.92. The summed E-state index contributed by atoms with van der Waals surface area (Å²) in [6.07, 6.45) is 2.94. The van der Waals surface area contributed by atoms with Gasteiger partial charge in [-0.05, 0) is 51.0 Å². The number of sulfonamides is 1. The first kappa shape index (κ1) is 22.9. The number of likely N-dealkylation sites (tertiary alicyclic amines) is 1. The molecule has 1 N–H and O–H groups in total. The average Bonchev–Trinajstić information content (AvgIpc) is 2.97. The number of hydrogen-bond acceptors (Lipinski definition) is 7. The van der Waals surface area contributed by atoms with Gasteiger partial charge < -0.3 is 4.74 Å². The number of Topliss-reactive ketones (excluding diaryl/α,β-unsaturated/α-hetero) is 1. The van der Waals surface area contributed by atoms with Crippen molar-refractivity contribution in [2.75, 3.05) is 11.0 Å². The van der Waals surface area contributed by atoms with Crippen LogP contribution in [0.2, 0.25) is 0 Å². The summed E-state index contributed by atoms with van der Waals surface area (Å²) in [5.41, 5.74) is 0.524. The molecule has 1 aliphatic carbocycles. The lowest BCUT2D eigenvalue weighted by atomic mass is 9.81. The molecule has 1 saturated heterocycles. The number of benzene rings is 1. The molecule has 1 aromatic carbocycles. The van der Waals surface area contributed by atoms with E-state index in [1.807, 2.05) is 0 Å². The van der Waals surface area contributed by atoms with E-state index in [9.17, 15) is 27.6 Å². The van der Waals surface area contributed by atoms with E-state index in [2.05, 4.69) is 4.72 Å². The molecule has 168 valence electrons. The van der Waals surface area contributed by atoms with Crippen LogP contribution in [0.15, 0.2) is 24.3 Å². The van der Waals surface area contributed by atoms with E-state index in [1.54, 1.807) is 0 Å². The minimum Gasteiger partial charge on any atom is -0.453 e. The minimum atomic E-state index is -3.44. The van der Waals surface area contributed by atoms with Gasteiger partial charge in [-0.2, -0.15) is 0 Å². The van der Waals surface area contributed by atoms with Crippen molar-refractivity contribution in [1.29, 1.82) is 0 Å². The van der Waals surface area contributed by atoms with Crippen LogP contribution in [-0.2, 0) is 29.1 Å². The van der Waals surface area contributed by atoms with E-state index in [-0.39, 0.29) is 29.2 Å². The molecular weight excluding hydrogens is 424 g/mol. The maximum absolute atomic E-state index is 12.6. The van der Waals surface area contributed by atoms with Crippen LogP contribution in [0.25, 0.3) is 0 Å². The molecule has 0 bridgehead atoms. The van der Waals surface area contributed by atoms with Gasteiger partial charge in [0.15, 0.2) is 6.10 Å². The second-order valence-electron chi connectivity index (χ2n) is 8.11. The summed E-state index contributed by atoms with van der Waals surface area (Å²) < 4.78 is 30.1. The molecule has 1 aromatic rings. The zero-order chi connectivity index (χ0) is 22.9. The molecule has 0 radical (unpaired) electrons. The Labute approximate surface area is 181 Å². The third-order valence-corrected chi connectivity index (χ3v) is 6.34. The van der Waals surface area contributed by atoms with Crippen LogP contribution in [0.4, 0.5) is 5.69 Å². The predicted octanol–water partition coefficient (Wildman–Crippen LogP) is 1.74. The summed E-state index contributed by atoms with van der Waals surface area (Å²) in [6.45, 7) is 2.83. The van der Waals surface area contributed by atoms with Gasteiger partial charge in [-0.15, -0.1) is 0 Å². The number of nitrogens with zero attached hydrogens (tertiary/aromatic N) is 1. The molecule has 0 aromatic heterocycles. The number of ether oxygens (including phenoxy) is 1. The Balaban J connectivity index is 1.63. The standard InChI is InChI=1S/C21H26N2O7S/c1-12(23-19(25)16-6-4-5-7-17(16)20(23)26)21(27)30-13(2)18(24)14-8-10-15(11-9-14)22-31(3,28)29/h8-13,16-17,22H,4-7H2,1-3H3/t12-,13?,16?,17?/m0/s1. The number of carbonyl (C=O) groups is 4. The number of anilines is 1. The van der Waals surface area contributed by atoms with Crippen molar-refractivity contribution in [3.8, 4) is 0 Å². The fraction of sp³-hybridized carbons (Fsp3) is 0.524. The van der Waals surface area contributed by atoms with Crippen LogP contribution in [-0.4, -0.2) is 55.3 Å². The molecule has 4 atom stereocenters. The zero-order valence-corrected chi connectivity index (χ0v) is 18.5. The summed E-state index contributed by atoms with van der Waals surface area (Å²) in [6, 6.07) is 4.58. The van der Waals surface area contributed by atoms with Crippen LogP contribution >= 0.6 is 0 Å². The lowest BCUT2D eigenvalue weighted by Crippen LogP contribution is -2.45. The molecule has 1 heterocycles. The van der Waals surface area contributed by atoms with Crippen molar-refractivity contribution >= 4 is 39.3 Å². The number of fused-ring (bicyclic) bond motifs is 1. The van der Waals surface area contributed by atoms with Crippen LogP contribution in [0.3, 0.4) is 0 Å². The normalized spacial score (nSPS) is 23.1. The van der Waals surface area contributed by atoms with Crippen molar-refractivity contribution in [3.63, 3.8) is 0 Å². The van der Waals surface area contributed by atoms with Gasteiger partial charge in [-0.1, -0.05) is 12.8 Å². The molecule has 3 rings (SSSR count). The number of ketones is 1. The molecule has 2 fully saturated rings. The SMILES string of the molecule is CC(OC(=O)[C@H](C)N1C(=O)C2CCCCC2C1=O)C(=O)c1ccc(NS(C)(=O)=O)cc1. The summed E-state index contributed by atoms with van der Waals surface area (Å²) >= 11 is 0. The third kappa shape index (κ3) is 4.95. The number of hydrogen-bond donors (Lipinski definition) is 1. The Morgan fingerprint density at radius 3 is 2.03 bits per heavy atom. The van der Waals surface area contributed by atoms with Crippen molar-refractivity contribution in [3.05, 3.63) is 29.8 Å². The summed E-state index contributed by atoms with van der Waals surface area (Å²) in [4.78, 5) is 51.5. The number of amides is 2. The van der Waals surface area contributed by atoms with Crippen LogP contribution in [0, 0.1) is 11.8 Å². The molecule has 31 heavy (non-hydrogen) atoms. The fourth-order valence-corrected chi connectivity index (χ4v) is 4.72. The number of carbonyl (C=O) groups excluding carboxylic acids is 4. The van der Waals surface area contributed by atoms with Gasteiger partial charge in [0.05, 0.1) is 18.1 Å². The zero-order valence-electron chi connectivity index (χ0n) is 17.7. The van der Waals surface area contributed by atoms with E-state index >= 15 is 0 Å². The third-order valence-electron chi connectivity index (χ3n) is 5.74. The molecular formula is C21H26N2O7S. The Morgan fingerprint density at radius 1 is 1.03 bits per heavy atom. The lowest BCUT2D eigenvalue weighted by molar-refractivity contribution is -0.159. The van der Waals surface area contributed by atoms with Gasteiger partial charge in [0.2, 0.25) is 27.6 Å². The predicted molar refractivity (Wildman–Crippen MR) is 112 cm³/mol. The highest BCUT2D eigenvalue weighted by Crippen LogP contribution is 2.39. The lowest BCUT2D eigenvalue weighted by Gasteiger charge is -2.23. The van der Waals surface area contributed by atoms with E-state index in [0.717, 1.165) is 24.0 Å². The topological polar surface area (TPSA) is 127 Å². The molecule has 0 spiro atoms. The van der Waals surface area contributed by atoms with Crippen molar-refractivity contribution < 1.29 is 32.3 Å². The van der Waals surface area contributed by atoms with Gasteiger partial charge >= 0.3 is 5.97 Å². The quantitative estimate of drug-likeness (QED) is 0.381. The highest BCUT2D eigenvalue weighted by Gasteiger charge is 2.51. The highest BCUT2D eigenvalue weighted by atomic mass is 32.2. The Morgan fingerprint density at radius 2 is 1.55 bits per heavy atom. The molecule has 2 amide bonds. The van der Waals surface area contributed by atoms with E-state index in [1.165, 1.54) is 38.1 Å². The van der Waals surface area contributed by atoms with Crippen molar-refractivity contribution in [1.82, 2.24) is 4.90 Å². The smallest absolute Gasteiger partial charge is 0.329 e. The van der Waals surface area contributed by atoms with Crippen molar-refractivity contribution in [2.45, 2.75) is 51.7 Å². The van der Waals surface area contributed by atoms with E-state index in [0.29, 0.717) is 18.5 Å². The number of rotatable bonds is 7. The minimum absolute atomic E-state index is 0.228. The van der Waals surface area contributed by atoms with Gasteiger partial charge in [-0.25, -0.2) is 13.2 Å². The van der Waals surface area contributed by atoms with Crippen molar-refractivity contribution in [2.24, 2.45) is 11.8 Å². The first-order valence-corrected chi connectivity index (χ1v) is 12.1.